The lowest BCUT2D eigenvalue weighted by atomic mass is 10.1. The van der Waals surface area contributed by atoms with Gasteiger partial charge in [-0.1, -0.05) is 5.92 Å². The van der Waals surface area contributed by atoms with Crippen molar-refractivity contribution in [1.29, 1.82) is 0 Å². The molecule has 2 N–H and O–H groups in total. The van der Waals surface area contributed by atoms with Crippen molar-refractivity contribution in [2.75, 3.05) is 20.8 Å². The topological polar surface area (TPSA) is 58.9 Å². The van der Waals surface area contributed by atoms with Crippen molar-refractivity contribution in [3.63, 3.8) is 0 Å². The van der Waals surface area contributed by atoms with Gasteiger partial charge in [-0.2, -0.15) is 0 Å². The Bertz CT molecular complexity index is 163. The van der Waals surface area contributed by atoms with Crippen LogP contribution in [0.4, 0.5) is 0 Å². The highest BCUT2D eigenvalue weighted by molar-refractivity contribution is 4.95. The summed E-state index contributed by atoms with van der Waals surface area (Å²) in [5.41, 5.74) is 0. The van der Waals surface area contributed by atoms with Crippen LogP contribution in [0, 0.1) is 12.3 Å². The molecule has 3 atom stereocenters. The van der Waals surface area contributed by atoms with E-state index in [4.69, 9.17) is 21.0 Å². The first-order chi connectivity index (χ1) is 6.15. The molecule has 0 aliphatic carbocycles. The van der Waals surface area contributed by atoms with Gasteiger partial charge in [0.25, 0.3) is 0 Å². The highest BCUT2D eigenvalue weighted by atomic mass is 16.5. The summed E-state index contributed by atoms with van der Waals surface area (Å²) >= 11 is 0. The van der Waals surface area contributed by atoms with Crippen molar-refractivity contribution in [1.82, 2.24) is 0 Å². The lowest BCUT2D eigenvalue weighted by Gasteiger charge is -2.21. The fraction of sp³-hybridized carbons (Fsp3) is 0.778. The number of aliphatic hydroxyl groups excluding tert-OH is 2. The Morgan fingerprint density at radius 1 is 1.38 bits per heavy atom. The van der Waals surface area contributed by atoms with Crippen LogP contribution in [0.1, 0.15) is 6.42 Å². The van der Waals surface area contributed by atoms with E-state index in [-0.39, 0.29) is 13.0 Å². The van der Waals surface area contributed by atoms with Gasteiger partial charge in [-0.15, -0.1) is 6.42 Å². The van der Waals surface area contributed by atoms with Gasteiger partial charge < -0.3 is 19.7 Å². The van der Waals surface area contributed by atoms with Gasteiger partial charge in [0.15, 0.2) is 0 Å². The molecule has 0 bridgehead atoms. The van der Waals surface area contributed by atoms with Gasteiger partial charge in [0.05, 0.1) is 12.7 Å². The van der Waals surface area contributed by atoms with Crippen molar-refractivity contribution < 1.29 is 19.7 Å². The van der Waals surface area contributed by atoms with Crippen LogP contribution in [0.15, 0.2) is 0 Å². The molecule has 0 spiro atoms. The van der Waals surface area contributed by atoms with E-state index >= 15 is 0 Å². The van der Waals surface area contributed by atoms with Crippen LogP contribution in [-0.4, -0.2) is 49.4 Å². The monoisotopic (exact) mass is 188 g/mol. The molecule has 0 aromatic rings. The van der Waals surface area contributed by atoms with Crippen molar-refractivity contribution >= 4 is 0 Å². The summed E-state index contributed by atoms with van der Waals surface area (Å²) in [5.74, 6) is 2.15. The molecule has 0 aromatic carbocycles. The number of hydrogen-bond acceptors (Lipinski definition) is 4. The first kappa shape index (κ1) is 12.4. The first-order valence-corrected chi connectivity index (χ1v) is 3.99. The molecule has 0 radical (unpaired) electrons. The number of aliphatic hydroxyl groups is 2. The minimum Gasteiger partial charge on any atom is -0.388 e. The van der Waals surface area contributed by atoms with E-state index in [0.29, 0.717) is 0 Å². The highest BCUT2D eigenvalue weighted by Gasteiger charge is 2.20. The van der Waals surface area contributed by atoms with E-state index in [2.05, 4.69) is 5.92 Å². The molecule has 0 aliphatic heterocycles. The van der Waals surface area contributed by atoms with Crippen molar-refractivity contribution in [3.05, 3.63) is 0 Å². The molecule has 0 fully saturated rings. The van der Waals surface area contributed by atoms with Gasteiger partial charge >= 0.3 is 0 Å². The summed E-state index contributed by atoms with van der Waals surface area (Å²) in [4.78, 5) is 0. The van der Waals surface area contributed by atoms with Crippen LogP contribution in [0.2, 0.25) is 0 Å². The van der Waals surface area contributed by atoms with E-state index < -0.39 is 18.3 Å². The lowest BCUT2D eigenvalue weighted by molar-refractivity contribution is -0.0597. The van der Waals surface area contributed by atoms with Gasteiger partial charge in [0, 0.05) is 20.6 Å². The second-order valence-electron chi connectivity index (χ2n) is 2.72. The van der Waals surface area contributed by atoms with E-state index in [1.807, 2.05) is 0 Å². The highest BCUT2D eigenvalue weighted by Crippen LogP contribution is 2.07. The van der Waals surface area contributed by atoms with E-state index in [1.165, 1.54) is 14.2 Å². The normalized spacial score (nSPS) is 17.5. The Balaban J connectivity index is 3.95. The molecule has 4 heteroatoms. The van der Waals surface area contributed by atoms with E-state index in [0.717, 1.165) is 0 Å². The molecule has 0 saturated heterocycles. The van der Waals surface area contributed by atoms with Crippen LogP contribution in [0.25, 0.3) is 0 Å². The van der Waals surface area contributed by atoms with Gasteiger partial charge in [0.1, 0.15) is 12.2 Å². The first-order valence-electron chi connectivity index (χ1n) is 3.99. The molecule has 0 rings (SSSR count). The van der Waals surface area contributed by atoms with Gasteiger partial charge in [-0.05, 0) is 0 Å². The molecule has 0 heterocycles. The van der Waals surface area contributed by atoms with Crippen LogP contribution in [-0.2, 0) is 9.47 Å². The van der Waals surface area contributed by atoms with Crippen LogP contribution in [0.3, 0.4) is 0 Å². The summed E-state index contributed by atoms with van der Waals surface area (Å²) in [6.45, 7) is 0.162. The van der Waals surface area contributed by atoms with Gasteiger partial charge in [-0.25, -0.2) is 0 Å². The third kappa shape index (κ3) is 4.86. The molecular formula is C9H16O4. The Morgan fingerprint density at radius 2 is 2.00 bits per heavy atom. The summed E-state index contributed by atoms with van der Waals surface area (Å²) < 4.78 is 9.69. The Hall–Kier alpha value is -0.600. The Kier molecular flexibility index (Phi) is 6.55. The lowest BCUT2D eigenvalue weighted by Crippen LogP contribution is -2.34. The smallest absolute Gasteiger partial charge is 0.117 e. The largest absolute Gasteiger partial charge is 0.388 e. The van der Waals surface area contributed by atoms with Crippen molar-refractivity contribution in [3.8, 4) is 12.3 Å². The number of rotatable bonds is 6. The fourth-order valence-corrected chi connectivity index (χ4v) is 0.977. The minimum atomic E-state index is -0.892. The minimum absolute atomic E-state index is 0.162. The third-order valence-corrected chi connectivity index (χ3v) is 1.72. The number of hydrogen-bond donors (Lipinski definition) is 2. The third-order valence-electron chi connectivity index (χ3n) is 1.72. The molecule has 0 aromatic heterocycles. The zero-order chi connectivity index (χ0) is 10.3. The van der Waals surface area contributed by atoms with Gasteiger partial charge in [-0.3, -0.25) is 0 Å². The Morgan fingerprint density at radius 3 is 2.38 bits per heavy atom. The molecule has 13 heavy (non-hydrogen) atoms. The van der Waals surface area contributed by atoms with Crippen LogP contribution in [0.5, 0.6) is 0 Å². The standard InChI is InChI=1S/C9H16O4/c1-4-7(10)5-9(13-3)8(11)6-12-2/h1,7-11H,5-6H2,2-3H3/t7?,8-,9+/m1/s1. The van der Waals surface area contributed by atoms with E-state index in [9.17, 15) is 5.11 Å². The zero-order valence-electron chi connectivity index (χ0n) is 7.93. The predicted molar refractivity (Wildman–Crippen MR) is 48.1 cm³/mol. The summed E-state index contributed by atoms with van der Waals surface area (Å²) in [5, 5.41) is 18.5. The zero-order valence-corrected chi connectivity index (χ0v) is 7.93. The molecule has 0 saturated carbocycles. The summed E-state index contributed by atoms with van der Waals surface area (Å²) in [6.07, 6.45) is 3.03. The average Bonchev–Trinajstić information content (AvgIpc) is 2.14. The number of terminal acetylenes is 1. The maximum absolute atomic E-state index is 9.42. The average molecular weight is 188 g/mol. The van der Waals surface area contributed by atoms with Crippen molar-refractivity contribution in [2.45, 2.75) is 24.7 Å². The molecule has 1 unspecified atom stereocenters. The van der Waals surface area contributed by atoms with Crippen LogP contribution < -0.4 is 0 Å². The number of methoxy groups -OCH3 is 2. The predicted octanol–water partition coefficient (Wildman–Crippen LogP) is -0.607. The second-order valence-corrected chi connectivity index (χ2v) is 2.72. The van der Waals surface area contributed by atoms with Gasteiger partial charge in [0.2, 0.25) is 0 Å². The van der Waals surface area contributed by atoms with Crippen molar-refractivity contribution in [2.24, 2.45) is 0 Å². The SMILES string of the molecule is C#CC(O)C[C@H](OC)[C@H](O)COC. The number of ether oxygens (including phenoxy) is 2. The summed E-state index contributed by atoms with van der Waals surface area (Å²) in [6, 6.07) is 0. The quantitative estimate of drug-likeness (QED) is 0.546. The molecule has 76 valence electrons. The molecule has 0 amide bonds. The molecular weight excluding hydrogens is 172 g/mol. The Labute approximate surface area is 78.5 Å². The second kappa shape index (κ2) is 6.87. The maximum atomic E-state index is 9.42. The van der Waals surface area contributed by atoms with E-state index in [1.54, 1.807) is 0 Å². The molecule has 0 aliphatic rings. The molecule has 4 nitrogen and oxygen atoms in total. The maximum Gasteiger partial charge on any atom is 0.117 e. The van der Waals surface area contributed by atoms with Crippen LogP contribution >= 0.6 is 0 Å². The summed E-state index contributed by atoms with van der Waals surface area (Å²) in [7, 11) is 2.93. The fourth-order valence-electron chi connectivity index (χ4n) is 0.977.